The monoisotopic (exact) mass is 276 g/mol. The summed E-state index contributed by atoms with van der Waals surface area (Å²) in [5.74, 6) is 11.2. The first-order valence-electron chi connectivity index (χ1n) is 7.58. The minimum atomic E-state index is -0.771. The summed E-state index contributed by atoms with van der Waals surface area (Å²) >= 11 is 0. The summed E-state index contributed by atoms with van der Waals surface area (Å²) in [5.41, 5.74) is 0. The third-order valence-corrected chi connectivity index (χ3v) is 3.16. The molecule has 0 aliphatic carbocycles. The van der Waals surface area contributed by atoms with Crippen LogP contribution in [0, 0.1) is 29.6 Å². The molecule has 0 radical (unpaired) electrons. The molecular weight excluding hydrogens is 248 g/mol. The highest BCUT2D eigenvalue weighted by Gasteiger charge is 2.14. The molecule has 0 aliphatic rings. The van der Waals surface area contributed by atoms with Crippen molar-refractivity contribution in [2.24, 2.45) is 5.92 Å². The van der Waals surface area contributed by atoms with Gasteiger partial charge in [0.25, 0.3) is 0 Å². The maximum Gasteiger partial charge on any atom is 0.0908 e. The molecule has 0 bridgehead atoms. The maximum absolute atomic E-state index is 9.79. The highest BCUT2D eigenvalue weighted by atomic mass is 16.3. The number of aliphatic hydroxyl groups excluding tert-OH is 2. The molecular formula is C18H28O2. The smallest absolute Gasteiger partial charge is 0.0908 e. The van der Waals surface area contributed by atoms with Crippen LogP contribution < -0.4 is 0 Å². The van der Waals surface area contributed by atoms with Gasteiger partial charge in [0.1, 0.15) is 0 Å². The zero-order valence-electron chi connectivity index (χ0n) is 12.9. The van der Waals surface area contributed by atoms with Crippen LogP contribution >= 0.6 is 0 Å². The van der Waals surface area contributed by atoms with Gasteiger partial charge in [0.15, 0.2) is 0 Å². The fourth-order valence-electron chi connectivity index (χ4n) is 1.69. The Morgan fingerprint density at radius 1 is 1.05 bits per heavy atom. The summed E-state index contributed by atoms with van der Waals surface area (Å²) in [5, 5.41) is 19.5. The lowest BCUT2D eigenvalue weighted by Crippen LogP contribution is -2.25. The van der Waals surface area contributed by atoms with Gasteiger partial charge < -0.3 is 10.2 Å². The summed E-state index contributed by atoms with van der Waals surface area (Å²) in [6.07, 6.45) is 6.97. The molecule has 0 aromatic carbocycles. The van der Waals surface area contributed by atoms with Crippen LogP contribution in [0.3, 0.4) is 0 Å². The summed E-state index contributed by atoms with van der Waals surface area (Å²) < 4.78 is 0. The standard InChI is InChI=1S/C18H28O2/c1-4-6-7-8-11-14-17(19)18(20)15-12-9-10-13-16(3)5-2/h5,16-20H,2,4,6-8,11,14-15H2,1,3H3/t16-,17-,18-/m1/s1. The Morgan fingerprint density at radius 3 is 2.40 bits per heavy atom. The first kappa shape index (κ1) is 18.8. The molecule has 2 N–H and O–H groups in total. The van der Waals surface area contributed by atoms with E-state index in [9.17, 15) is 10.2 Å². The van der Waals surface area contributed by atoms with Crippen LogP contribution in [0.1, 0.15) is 58.8 Å². The van der Waals surface area contributed by atoms with Gasteiger partial charge in [-0.2, -0.15) is 0 Å². The van der Waals surface area contributed by atoms with Gasteiger partial charge in [-0.15, -0.1) is 6.58 Å². The lowest BCUT2D eigenvalue weighted by atomic mass is 10.0. The van der Waals surface area contributed by atoms with Crippen molar-refractivity contribution in [3.63, 3.8) is 0 Å². The second-order valence-electron chi connectivity index (χ2n) is 5.14. The predicted molar refractivity (Wildman–Crippen MR) is 84.9 cm³/mol. The Kier molecular flexibility index (Phi) is 12.0. The van der Waals surface area contributed by atoms with Gasteiger partial charge in [-0.25, -0.2) is 0 Å². The zero-order chi connectivity index (χ0) is 15.2. The van der Waals surface area contributed by atoms with Crippen LogP contribution in [-0.4, -0.2) is 22.4 Å². The predicted octanol–water partition coefficient (Wildman–Crippen LogP) is 3.29. The van der Waals surface area contributed by atoms with Crippen molar-refractivity contribution in [2.45, 2.75) is 71.0 Å². The molecule has 0 heterocycles. The van der Waals surface area contributed by atoms with Crippen molar-refractivity contribution in [2.75, 3.05) is 0 Å². The van der Waals surface area contributed by atoms with E-state index in [0.717, 1.165) is 12.8 Å². The molecule has 0 aromatic rings. The molecule has 2 nitrogen and oxygen atoms in total. The first-order chi connectivity index (χ1) is 9.61. The van der Waals surface area contributed by atoms with Gasteiger partial charge in [0.2, 0.25) is 0 Å². The topological polar surface area (TPSA) is 40.5 Å². The van der Waals surface area contributed by atoms with E-state index in [4.69, 9.17) is 0 Å². The average Bonchev–Trinajstić information content (AvgIpc) is 2.45. The van der Waals surface area contributed by atoms with E-state index in [1.807, 2.05) is 6.92 Å². The maximum atomic E-state index is 9.79. The fraction of sp³-hybridized carbons (Fsp3) is 0.667. The minimum absolute atomic E-state index is 0.128. The molecule has 0 saturated carbocycles. The lowest BCUT2D eigenvalue weighted by Gasteiger charge is -2.15. The van der Waals surface area contributed by atoms with Gasteiger partial charge in [0.05, 0.1) is 12.2 Å². The summed E-state index contributed by atoms with van der Waals surface area (Å²) in [4.78, 5) is 0. The Morgan fingerprint density at radius 2 is 1.75 bits per heavy atom. The molecule has 2 heteroatoms. The first-order valence-corrected chi connectivity index (χ1v) is 7.58. The van der Waals surface area contributed by atoms with E-state index in [1.54, 1.807) is 6.08 Å². The highest BCUT2D eigenvalue weighted by Crippen LogP contribution is 2.10. The van der Waals surface area contributed by atoms with E-state index in [2.05, 4.69) is 37.2 Å². The number of rotatable bonds is 9. The van der Waals surface area contributed by atoms with Crippen molar-refractivity contribution in [3.8, 4) is 23.7 Å². The van der Waals surface area contributed by atoms with Gasteiger partial charge >= 0.3 is 0 Å². The van der Waals surface area contributed by atoms with Gasteiger partial charge in [-0.1, -0.05) is 56.9 Å². The van der Waals surface area contributed by atoms with Gasteiger partial charge in [0, 0.05) is 12.3 Å². The van der Waals surface area contributed by atoms with Crippen LogP contribution in [0.5, 0.6) is 0 Å². The van der Waals surface area contributed by atoms with E-state index in [1.165, 1.54) is 19.3 Å². The lowest BCUT2D eigenvalue weighted by molar-refractivity contribution is 0.0165. The Hall–Kier alpha value is -1.22. The van der Waals surface area contributed by atoms with Crippen LogP contribution in [0.25, 0.3) is 0 Å². The van der Waals surface area contributed by atoms with Crippen molar-refractivity contribution < 1.29 is 10.2 Å². The van der Waals surface area contributed by atoms with Crippen molar-refractivity contribution >= 4 is 0 Å². The Labute approximate surface area is 124 Å². The average molecular weight is 276 g/mol. The SMILES string of the molecule is C=C[C@@H](C)C#CC#CC[C@@H](O)[C@H](O)CCCCCCC. The number of allylic oxidation sites excluding steroid dienone is 1. The summed E-state index contributed by atoms with van der Waals surface area (Å²) in [6.45, 7) is 7.75. The third-order valence-electron chi connectivity index (χ3n) is 3.16. The quantitative estimate of drug-likeness (QED) is 0.385. The van der Waals surface area contributed by atoms with E-state index in [-0.39, 0.29) is 12.3 Å². The summed E-state index contributed by atoms with van der Waals surface area (Å²) in [6, 6.07) is 0. The molecule has 0 saturated heterocycles. The molecule has 0 amide bonds. The number of hydrogen-bond acceptors (Lipinski definition) is 2. The Bertz CT molecular complexity index is 364. The molecule has 0 fully saturated rings. The molecule has 0 aromatic heterocycles. The van der Waals surface area contributed by atoms with Crippen LogP contribution in [0.15, 0.2) is 12.7 Å². The largest absolute Gasteiger partial charge is 0.390 e. The van der Waals surface area contributed by atoms with Crippen molar-refractivity contribution in [3.05, 3.63) is 12.7 Å². The molecule has 0 rings (SSSR count). The minimum Gasteiger partial charge on any atom is -0.390 e. The molecule has 112 valence electrons. The Balaban J connectivity index is 3.84. The fourth-order valence-corrected chi connectivity index (χ4v) is 1.69. The van der Waals surface area contributed by atoms with E-state index in [0.29, 0.717) is 6.42 Å². The molecule has 3 atom stereocenters. The molecule has 0 spiro atoms. The van der Waals surface area contributed by atoms with Crippen molar-refractivity contribution in [1.82, 2.24) is 0 Å². The van der Waals surface area contributed by atoms with E-state index < -0.39 is 12.2 Å². The third kappa shape index (κ3) is 10.7. The van der Waals surface area contributed by atoms with Crippen LogP contribution in [0.4, 0.5) is 0 Å². The second kappa shape index (κ2) is 12.8. The second-order valence-corrected chi connectivity index (χ2v) is 5.14. The van der Waals surface area contributed by atoms with Crippen LogP contribution in [-0.2, 0) is 0 Å². The highest BCUT2D eigenvalue weighted by molar-refractivity contribution is 5.27. The number of unbranched alkanes of at least 4 members (excludes halogenated alkanes) is 4. The van der Waals surface area contributed by atoms with Crippen LogP contribution in [0.2, 0.25) is 0 Å². The number of aliphatic hydroxyl groups is 2. The molecule has 0 unspecified atom stereocenters. The summed E-state index contributed by atoms with van der Waals surface area (Å²) in [7, 11) is 0. The van der Waals surface area contributed by atoms with Gasteiger partial charge in [-0.3, -0.25) is 0 Å². The number of hydrogen-bond donors (Lipinski definition) is 2. The normalized spacial score (nSPS) is 14.2. The van der Waals surface area contributed by atoms with Gasteiger partial charge in [-0.05, 0) is 25.2 Å². The molecule has 20 heavy (non-hydrogen) atoms. The van der Waals surface area contributed by atoms with E-state index >= 15 is 0 Å². The van der Waals surface area contributed by atoms with Crippen molar-refractivity contribution in [1.29, 1.82) is 0 Å². The molecule has 0 aliphatic heterocycles. The zero-order valence-corrected chi connectivity index (χ0v) is 12.9.